The summed E-state index contributed by atoms with van der Waals surface area (Å²) in [5, 5.41) is 5.72. The van der Waals surface area contributed by atoms with Gasteiger partial charge in [0.25, 0.3) is 5.91 Å². The summed E-state index contributed by atoms with van der Waals surface area (Å²) in [5.74, 6) is 1.21. The minimum atomic E-state index is -0.131. The molecule has 6 nitrogen and oxygen atoms in total. The average molecular weight is 340 g/mol. The minimum Gasteiger partial charge on any atom is -0.497 e. The number of carbonyl (C=O) groups excluding carboxylic acids is 2. The molecule has 3 rings (SSSR count). The summed E-state index contributed by atoms with van der Waals surface area (Å²) < 4.78 is 10.6. The van der Waals surface area contributed by atoms with E-state index >= 15 is 0 Å². The van der Waals surface area contributed by atoms with Crippen LogP contribution in [-0.2, 0) is 11.2 Å². The minimum absolute atomic E-state index is 0.0521. The fourth-order valence-electron chi connectivity index (χ4n) is 2.59. The maximum atomic E-state index is 12.1. The third-order valence-electron chi connectivity index (χ3n) is 3.96. The first kappa shape index (κ1) is 16.8. The fourth-order valence-corrected chi connectivity index (χ4v) is 2.59. The van der Waals surface area contributed by atoms with Gasteiger partial charge in [-0.1, -0.05) is 6.07 Å². The number of fused-ring (bicyclic) bond motifs is 1. The number of amides is 2. The molecule has 0 fully saturated rings. The van der Waals surface area contributed by atoms with Gasteiger partial charge < -0.3 is 20.1 Å². The molecular weight excluding hydrogens is 320 g/mol. The molecule has 0 radical (unpaired) electrons. The van der Waals surface area contributed by atoms with Crippen LogP contribution in [-0.4, -0.2) is 32.1 Å². The molecule has 25 heavy (non-hydrogen) atoms. The van der Waals surface area contributed by atoms with Gasteiger partial charge in [0.1, 0.15) is 11.5 Å². The fraction of sp³-hybridized carbons (Fsp3) is 0.263. The number of methoxy groups -OCH3 is 1. The number of nitrogens with one attached hydrogen (secondary N) is 2. The van der Waals surface area contributed by atoms with Crippen molar-refractivity contribution in [2.45, 2.75) is 12.8 Å². The molecule has 0 saturated heterocycles. The summed E-state index contributed by atoms with van der Waals surface area (Å²) in [7, 11) is 1.59. The normalized spacial score (nSPS) is 13.1. The zero-order chi connectivity index (χ0) is 17.6. The van der Waals surface area contributed by atoms with Gasteiger partial charge in [-0.05, 0) is 48.4 Å². The Morgan fingerprint density at radius 2 is 2.04 bits per heavy atom. The van der Waals surface area contributed by atoms with Crippen molar-refractivity contribution < 1.29 is 19.1 Å². The van der Waals surface area contributed by atoms with Crippen molar-refractivity contribution in [3.8, 4) is 11.5 Å². The van der Waals surface area contributed by atoms with Gasteiger partial charge in [-0.15, -0.1) is 0 Å². The van der Waals surface area contributed by atoms with Gasteiger partial charge in [0.15, 0.2) is 0 Å². The van der Waals surface area contributed by atoms with Crippen LogP contribution in [0.15, 0.2) is 42.5 Å². The van der Waals surface area contributed by atoms with Gasteiger partial charge in [-0.25, -0.2) is 0 Å². The van der Waals surface area contributed by atoms with E-state index in [1.165, 1.54) is 0 Å². The lowest BCUT2D eigenvalue weighted by atomic mass is 10.1. The Hall–Kier alpha value is -3.02. The van der Waals surface area contributed by atoms with E-state index < -0.39 is 0 Å². The highest BCUT2D eigenvalue weighted by molar-refractivity contribution is 5.94. The lowest BCUT2D eigenvalue weighted by molar-refractivity contribution is -0.116. The van der Waals surface area contributed by atoms with E-state index in [2.05, 4.69) is 10.6 Å². The predicted molar refractivity (Wildman–Crippen MR) is 94.2 cm³/mol. The molecule has 6 heteroatoms. The van der Waals surface area contributed by atoms with E-state index in [1.807, 2.05) is 18.2 Å². The van der Waals surface area contributed by atoms with Gasteiger partial charge in [0.2, 0.25) is 5.91 Å². The first-order valence-corrected chi connectivity index (χ1v) is 8.13. The maximum absolute atomic E-state index is 12.1. The second-order valence-corrected chi connectivity index (χ2v) is 5.71. The van der Waals surface area contributed by atoms with Gasteiger partial charge >= 0.3 is 0 Å². The molecule has 0 bridgehead atoms. The Bertz CT molecular complexity index is 771. The number of carbonyl (C=O) groups is 2. The molecule has 1 heterocycles. The topological polar surface area (TPSA) is 76.7 Å². The standard InChI is InChI=1S/C19H20N2O4/c1-24-15-5-3-14(4-6-15)19(23)20-10-8-13-2-7-17-16(12-13)21-18(22)9-11-25-17/h2-7,12H,8-11H2,1H3,(H,20,23)(H,21,22). The van der Waals surface area contributed by atoms with Crippen molar-refractivity contribution in [3.05, 3.63) is 53.6 Å². The SMILES string of the molecule is COc1ccc(C(=O)NCCc2ccc3c(c2)NC(=O)CCO3)cc1. The van der Waals surface area contributed by atoms with Crippen molar-refractivity contribution in [3.63, 3.8) is 0 Å². The third-order valence-corrected chi connectivity index (χ3v) is 3.96. The lowest BCUT2D eigenvalue weighted by Crippen LogP contribution is -2.25. The summed E-state index contributed by atoms with van der Waals surface area (Å²) in [6, 6.07) is 12.6. The summed E-state index contributed by atoms with van der Waals surface area (Å²) in [4.78, 5) is 23.7. The largest absolute Gasteiger partial charge is 0.497 e. The molecule has 0 atom stereocenters. The van der Waals surface area contributed by atoms with Crippen molar-refractivity contribution in [1.29, 1.82) is 0 Å². The highest BCUT2D eigenvalue weighted by Gasteiger charge is 2.14. The van der Waals surface area contributed by atoms with E-state index in [0.717, 1.165) is 5.56 Å². The molecule has 0 aromatic heterocycles. The number of rotatable bonds is 5. The van der Waals surface area contributed by atoms with E-state index in [9.17, 15) is 9.59 Å². The zero-order valence-electron chi connectivity index (χ0n) is 14.0. The number of ether oxygens (including phenoxy) is 2. The quantitative estimate of drug-likeness (QED) is 0.876. The zero-order valence-corrected chi connectivity index (χ0v) is 14.0. The monoisotopic (exact) mass is 340 g/mol. The Labute approximate surface area is 146 Å². The van der Waals surface area contributed by atoms with Gasteiger partial charge in [-0.3, -0.25) is 9.59 Å². The van der Waals surface area contributed by atoms with Crippen LogP contribution in [0.4, 0.5) is 5.69 Å². The molecule has 2 amide bonds. The molecule has 0 aliphatic carbocycles. The Balaban J connectivity index is 1.56. The summed E-state index contributed by atoms with van der Waals surface area (Å²) >= 11 is 0. The molecule has 1 aliphatic rings. The molecule has 0 unspecified atom stereocenters. The average Bonchev–Trinajstić information content (AvgIpc) is 2.81. The molecule has 2 N–H and O–H groups in total. The van der Waals surface area contributed by atoms with Crippen LogP contribution in [0.1, 0.15) is 22.3 Å². The van der Waals surface area contributed by atoms with Crippen LogP contribution in [0.2, 0.25) is 0 Å². The second-order valence-electron chi connectivity index (χ2n) is 5.71. The van der Waals surface area contributed by atoms with Crippen LogP contribution < -0.4 is 20.1 Å². The molecule has 0 spiro atoms. The Morgan fingerprint density at radius 3 is 2.80 bits per heavy atom. The van der Waals surface area contributed by atoms with Crippen molar-refractivity contribution in [1.82, 2.24) is 5.32 Å². The van der Waals surface area contributed by atoms with Crippen LogP contribution in [0, 0.1) is 0 Å². The van der Waals surface area contributed by atoms with Crippen LogP contribution in [0.3, 0.4) is 0 Å². The predicted octanol–water partition coefficient (Wildman–Crippen LogP) is 2.39. The van der Waals surface area contributed by atoms with E-state index in [1.54, 1.807) is 31.4 Å². The van der Waals surface area contributed by atoms with Crippen molar-refractivity contribution >= 4 is 17.5 Å². The summed E-state index contributed by atoms with van der Waals surface area (Å²) in [6.07, 6.45) is 1.01. The number of anilines is 1. The molecular formula is C19H20N2O4. The highest BCUT2D eigenvalue weighted by Crippen LogP contribution is 2.28. The summed E-state index contributed by atoms with van der Waals surface area (Å²) in [5.41, 5.74) is 2.28. The smallest absolute Gasteiger partial charge is 0.251 e. The lowest BCUT2D eigenvalue weighted by Gasteiger charge is -2.10. The number of benzene rings is 2. The molecule has 2 aromatic carbocycles. The van der Waals surface area contributed by atoms with Gasteiger partial charge in [0.05, 0.1) is 25.8 Å². The van der Waals surface area contributed by atoms with Crippen LogP contribution >= 0.6 is 0 Å². The van der Waals surface area contributed by atoms with E-state index in [4.69, 9.17) is 9.47 Å². The van der Waals surface area contributed by atoms with Gasteiger partial charge in [-0.2, -0.15) is 0 Å². The highest BCUT2D eigenvalue weighted by atomic mass is 16.5. The van der Waals surface area contributed by atoms with Gasteiger partial charge in [0, 0.05) is 12.1 Å². The maximum Gasteiger partial charge on any atom is 0.251 e. The molecule has 130 valence electrons. The second kappa shape index (κ2) is 7.70. The van der Waals surface area contributed by atoms with Crippen LogP contribution in [0.5, 0.6) is 11.5 Å². The molecule has 2 aromatic rings. The number of hydrogen-bond donors (Lipinski definition) is 2. The molecule has 1 aliphatic heterocycles. The summed E-state index contributed by atoms with van der Waals surface area (Å²) in [6.45, 7) is 0.883. The van der Waals surface area contributed by atoms with Crippen molar-refractivity contribution in [2.24, 2.45) is 0 Å². The van der Waals surface area contributed by atoms with E-state index in [0.29, 0.717) is 48.7 Å². The molecule has 0 saturated carbocycles. The van der Waals surface area contributed by atoms with E-state index in [-0.39, 0.29) is 11.8 Å². The first-order chi connectivity index (χ1) is 12.2. The van der Waals surface area contributed by atoms with Crippen molar-refractivity contribution in [2.75, 3.05) is 25.6 Å². The Kier molecular flexibility index (Phi) is 5.18. The van der Waals surface area contributed by atoms with Crippen LogP contribution in [0.25, 0.3) is 0 Å². The third kappa shape index (κ3) is 4.29. The first-order valence-electron chi connectivity index (χ1n) is 8.13. The Morgan fingerprint density at radius 1 is 1.24 bits per heavy atom. The number of hydrogen-bond acceptors (Lipinski definition) is 4.